The van der Waals surface area contributed by atoms with Crippen LogP contribution in [0.25, 0.3) is 0 Å². The van der Waals surface area contributed by atoms with Crippen LogP contribution in [0.5, 0.6) is 0 Å². The third-order valence-electron chi connectivity index (χ3n) is 2.45. The van der Waals surface area contributed by atoms with Gasteiger partial charge in [-0.2, -0.15) is 0 Å². The SMILES string of the molecule is C[C@]12CS(=O)(=O)C[C@H]1SC([NH3+])N2.[Br-]. The lowest BCUT2D eigenvalue weighted by molar-refractivity contribution is -0.394. The number of hydrogen-bond donors (Lipinski definition) is 2. The smallest absolute Gasteiger partial charge is 0.187 e. The molecule has 3 atom stereocenters. The first-order valence-corrected chi connectivity index (χ1v) is 6.64. The second-order valence-corrected chi connectivity index (χ2v) is 7.25. The van der Waals surface area contributed by atoms with Gasteiger partial charge >= 0.3 is 0 Å². The summed E-state index contributed by atoms with van der Waals surface area (Å²) in [6, 6.07) is 0. The quantitative estimate of drug-likeness (QED) is 0.471. The van der Waals surface area contributed by atoms with E-state index in [4.69, 9.17) is 0 Å². The van der Waals surface area contributed by atoms with Gasteiger partial charge in [0.2, 0.25) is 0 Å². The summed E-state index contributed by atoms with van der Waals surface area (Å²) < 4.78 is 22.6. The summed E-state index contributed by atoms with van der Waals surface area (Å²) >= 11 is 1.64. The summed E-state index contributed by atoms with van der Waals surface area (Å²) in [5, 5.41) is 3.42. The molecule has 0 amide bonds. The van der Waals surface area contributed by atoms with Gasteiger partial charge in [0.15, 0.2) is 15.3 Å². The molecule has 0 aromatic carbocycles. The van der Waals surface area contributed by atoms with Crippen LogP contribution >= 0.6 is 11.8 Å². The molecular weight excluding hydrogens is 276 g/mol. The van der Waals surface area contributed by atoms with Crippen LogP contribution in [-0.2, 0) is 9.84 Å². The Kier molecular flexibility index (Phi) is 3.06. The Morgan fingerprint density at radius 3 is 2.77 bits per heavy atom. The molecule has 2 rings (SSSR count). The van der Waals surface area contributed by atoms with E-state index in [0.717, 1.165) is 0 Å². The van der Waals surface area contributed by atoms with Crippen molar-refractivity contribution in [3.63, 3.8) is 0 Å². The molecule has 7 heteroatoms. The molecule has 0 saturated carbocycles. The average molecular weight is 289 g/mol. The Morgan fingerprint density at radius 2 is 2.23 bits per heavy atom. The lowest BCUT2D eigenvalue weighted by Gasteiger charge is -2.19. The van der Waals surface area contributed by atoms with Crippen molar-refractivity contribution in [2.24, 2.45) is 0 Å². The molecule has 2 aliphatic rings. The second-order valence-electron chi connectivity index (χ2n) is 3.73. The zero-order valence-corrected chi connectivity index (χ0v) is 10.5. The first-order chi connectivity index (χ1) is 5.41. The Bertz CT molecular complexity index is 308. The molecule has 13 heavy (non-hydrogen) atoms. The Morgan fingerprint density at radius 1 is 1.62 bits per heavy atom. The minimum atomic E-state index is -2.80. The first kappa shape index (κ1) is 11.8. The summed E-state index contributed by atoms with van der Waals surface area (Å²) in [5.41, 5.74) is 3.79. The number of quaternary nitrogens is 1. The van der Waals surface area contributed by atoms with Crippen molar-refractivity contribution < 1.29 is 31.1 Å². The summed E-state index contributed by atoms with van der Waals surface area (Å²) in [7, 11) is -2.80. The molecule has 0 radical (unpaired) electrons. The van der Waals surface area contributed by atoms with Gasteiger partial charge in [-0.1, -0.05) is 11.8 Å². The highest BCUT2D eigenvalue weighted by atomic mass is 79.9. The number of thioether (sulfide) groups is 1. The molecule has 78 valence electrons. The van der Waals surface area contributed by atoms with E-state index in [0.29, 0.717) is 5.75 Å². The average Bonchev–Trinajstić information content (AvgIpc) is 2.11. The molecule has 2 heterocycles. The topological polar surface area (TPSA) is 73.8 Å². The molecule has 2 saturated heterocycles. The van der Waals surface area contributed by atoms with E-state index < -0.39 is 9.84 Å². The van der Waals surface area contributed by atoms with Gasteiger partial charge in [-0.25, -0.2) is 8.42 Å². The van der Waals surface area contributed by atoms with Crippen molar-refractivity contribution in [2.75, 3.05) is 11.5 Å². The fourth-order valence-electron chi connectivity index (χ4n) is 1.95. The molecule has 0 aromatic rings. The number of rotatable bonds is 0. The minimum Gasteiger partial charge on any atom is -1.00 e. The molecule has 0 aliphatic carbocycles. The van der Waals surface area contributed by atoms with Gasteiger partial charge in [0.05, 0.1) is 11.5 Å². The third-order valence-corrected chi connectivity index (χ3v) is 6.01. The van der Waals surface area contributed by atoms with Crippen LogP contribution in [0.1, 0.15) is 6.92 Å². The first-order valence-electron chi connectivity index (χ1n) is 3.88. The lowest BCUT2D eigenvalue weighted by Crippen LogP contribution is -3.00. The normalized spacial score (nSPS) is 46.9. The molecular formula is C6H13BrN2O2S2. The molecule has 2 fully saturated rings. The van der Waals surface area contributed by atoms with Gasteiger partial charge in [0.1, 0.15) is 0 Å². The summed E-state index contributed by atoms with van der Waals surface area (Å²) in [4.78, 5) is 0. The van der Waals surface area contributed by atoms with Crippen LogP contribution in [0, 0.1) is 0 Å². The van der Waals surface area contributed by atoms with Gasteiger partial charge in [-0.3, -0.25) is 5.32 Å². The second kappa shape index (κ2) is 3.37. The van der Waals surface area contributed by atoms with E-state index in [1.165, 1.54) is 0 Å². The summed E-state index contributed by atoms with van der Waals surface area (Å²) in [6.07, 6.45) is 0. The maximum Gasteiger partial charge on any atom is 0.187 e. The van der Waals surface area contributed by atoms with Crippen LogP contribution in [0.4, 0.5) is 0 Å². The zero-order valence-electron chi connectivity index (χ0n) is 7.29. The molecule has 1 unspecified atom stereocenters. The highest BCUT2D eigenvalue weighted by molar-refractivity contribution is 8.02. The maximum absolute atomic E-state index is 11.3. The number of nitrogens with one attached hydrogen (secondary N) is 1. The van der Waals surface area contributed by atoms with Crippen LogP contribution in [-0.4, -0.2) is 36.2 Å². The highest BCUT2D eigenvalue weighted by Crippen LogP contribution is 2.38. The Labute approximate surface area is 92.7 Å². The predicted molar refractivity (Wildman–Crippen MR) is 48.2 cm³/mol. The van der Waals surface area contributed by atoms with Crippen LogP contribution in [0.3, 0.4) is 0 Å². The van der Waals surface area contributed by atoms with Gasteiger partial charge in [-0.15, -0.1) is 0 Å². The van der Waals surface area contributed by atoms with E-state index in [1.54, 1.807) is 11.8 Å². The monoisotopic (exact) mass is 288 g/mol. The number of halogens is 1. The van der Waals surface area contributed by atoms with E-state index in [2.05, 4.69) is 11.1 Å². The number of sulfone groups is 1. The van der Waals surface area contributed by atoms with Crippen molar-refractivity contribution >= 4 is 21.6 Å². The fraction of sp³-hybridized carbons (Fsp3) is 1.00. The van der Waals surface area contributed by atoms with E-state index in [9.17, 15) is 8.42 Å². The van der Waals surface area contributed by atoms with Gasteiger partial charge < -0.3 is 22.7 Å². The van der Waals surface area contributed by atoms with Crippen molar-refractivity contribution in [3.8, 4) is 0 Å². The summed E-state index contributed by atoms with van der Waals surface area (Å²) in [5.74, 6) is 0.580. The molecule has 4 N–H and O–H groups in total. The van der Waals surface area contributed by atoms with E-state index >= 15 is 0 Å². The standard InChI is InChI=1S/C6H12N2O2S2.BrH/c1-6-3-12(9,10)2-4(6)11-5(7)8-6;/h4-5,8H,2-3,7H2,1H3;1H/t4-,5?,6+;/m1./s1. The van der Waals surface area contributed by atoms with Crippen molar-refractivity contribution in [1.29, 1.82) is 0 Å². The molecule has 0 bridgehead atoms. The zero-order chi connectivity index (χ0) is 8.98. The number of fused-ring (bicyclic) bond motifs is 1. The van der Waals surface area contributed by atoms with E-state index in [-0.39, 0.29) is 39.0 Å². The van der Waals surface area contributed by atoms with Crippen molar-refractivity contribution in [3.05, 3.63) is 0 Å². The number of hydrogen-bond acceptors (Lipinski definition) is 4. The largest absolute Gasteiger partial charge is 1.00 e. The molecule has 0 aromatic heterocycles. The van der Waals surface area contributed by atoms with Crippen LogP contribution in [0.2, 0.25) is 0 Å². The Balaban J connectivity index is 0.000000845. The van der Waals surface area contributed by atoms with Crippen LogP contribution < -0.4 is 28.0 Å². The Hall–Kier alpha value is 0.700. The lowest BCUT2D eigenvalue weighted by atomic mass is 10.0. The molecule has 4 nitrogen and oxygen atoms in total. The summed E-state index contributed by atoms with van der Waals surface area (Å²) in [6.45, 7) is 1.97. The molecule has 2 aliphatic heterocycles. The van der Waals surface area contributed by atoms with Gasteiger partial charge in [-0.05, 0) is 6.92 Å². The maximum atomic E-state index is 11.3. The van der Waals surface area contributed by atoms with Crippen molar-refractivity contribution in [2.45, 2.75) is 23.2 Å². The fourth-order valence-corrected chi connectivity index (χ4v) is 6.32. The predicted octanol–water partition coefficient (Wildman–Crippen LogP) is -4.59. The van der Waals surface area contributed by atoms with Gasteiger partial charge in [0.25, 0.3) is 0 Å². The highest BCUT2D eigenvalue weighted by Gasteiger charge is 2.53. The molecule has 0 spiro atoms. The third kappa shape index (κ3) is 2.04. The van der Waals surface area contributed by atoms with Gasteiger partial charge in [0, 0.05) is 10.8 Å². The van der Waals surface area contributed by atoms with E-state index in [1.807, 2.05) is 6.92 Å². The van der Waals surface area contributed by atoms with Crippen LogP contribution in [0.15, 0.2) is 0 Å². The van der Waals surface area contributed by atoms with Crippen molar-refractivity contribution in [1.82, 2.24) is 5.32 Å². The minimum absolute atomic E-state index is 0.